The van der Waals surface area contributed by atoms with Crippen molar-refractivity contribution in [3.05, 3.63) is 40.6 Å². The molecular formula is C15H20O2. The molecule has 0 bridgehead atoms. The lowest BCUT2D eigenvalue weighted by atomic mass is 9.73. The zero-order chi connectivity index (χ0) is 14.8. The van der Waals surface area contributed by atoms with Gasteiger partial charge in [0.1, 0.15) is 0 Å². The third-order valence-corrected chi connectivity index (χ3v) is 2.76. The van der Waals surface area contributed by atoms with Crippen LogP contribution in [0.15, 0.2) is 40.6 Å². The van der Waals surface area contributed by atoms with Gasteiger partial charge in [-0.2, -0.15) is 0 Å². The molecule has 0 aliphatic heterocycles. The van der Waals surface area contributed by atoms with E-state index in [2.05, 4.69) is 5.73 Å². The van der Waals surface area contributed by atoms with Crippen LogP contribution in [0.25, 0.3) is 0 Å². The van der Waals surface area contributed by atoms with Gasteiger partial charge >= 0.3 is 0 Å². The van der Waals surface area contributed by atoms with Crippen LogP contribution in [0.3, 0.4) is 0 Å². The zero-order valence-electron chi connectivity index (χ0n) is 12.8. The quantitative estimate of drug-likeness (QED) is 0.589. The monoisotopic (exact) mass is 234 g/mol. The van der Waals surface area contributed by atoms with Gasteiger partial charge < -0.3 is 5.11 Å². The van der Waals surface area contributed by atoms with Crippen LogP contribution < -0.4 is 0 Å². The first-order chi connectivity index (χ1) is 8.70. The Morgan fingerprint density at radius 3 is 3.00 bits per heavy atom. The van der Waals surface area contributed by atoms with Crippen molar-refractivity contribution in [1.29, 1.82) is 0 Å². The molecule has 0 radical (unpaired) electrons. The van der Waals surface area contributed by atoms with E-state index in [1.165, 1.54) is 6.08 Å². The molecule has 0 atom stereocenters. The molecule has 17 heavy (non-hydrogen) atoms. The lowest BCUT2D eigenvalue weighted by Gasteiger charge is -2.29. The summed E-state index contributed by atoms with van der Waals surface area (Å²) in [7, 11) is 0. The van der Waals surface area contributed by atoms with E-state index in [1.54, 1.807) is 13.8 Å². The van der Waals surface area contributed by atoms with Gasteiger partial charge in [-0.1, -0.05) is 19.9 Å². The summed E-state index contributed by atoms with van der Waals surface area (Å²) in [5.74, 6) is -0.165. The molecule has 2 nitrogen and oxygen atoms in total. The van der Waals surface area contributed by atoms with Gasteiger partial charge in [0, 0.05) is 17.4 Å². The summed E-state index contributed by atoms with van der Waals surface area (Å²) in [6.45, 7) is 7.17. The van der Waals surface area contributed by atoms with Crippen LogP contribution in [0, 0.1) is 5.41 Å². The summed E-state index contributed by atoms with van der Waals surface area (Å²) in [5.41, 5.74) is 4.51. The van der Waals surface area contributed by atoms with Crippen molar-refractivity contribution >= 4 is 5.78 Å². The van der Waals surface area contributed by atoms with Crippen molar-refractivity contribution < 1.29 is 12.6 Å². The molecule has 0 heterocycles. The largest absolute Gasteiger partial charge is 0.392 e. The lowest BCUT2D eigenvalue weighted by Crippen LogP contribution is -2.23. The Bertz CT molecular complexity index is 530. The normalized spacial score (nSPS) is 22.1. The fourth-order valence-electron chi connectivity index (χ4n) is 1.93. The van der Waals surface area contributed by atoms with E-state index in [4.69, 9.17) is 7.85 Å². The predicted molar refractivity (Wildman–Crippen MR) is 69.6 cm³/mol. The van der Waals surface area contributed by atoms with Crippen molar-refractivity contribution in [1.82, 2.24) is 0 Å². The molecule has 0 aromatic heterocycles. The molecule has 0 saturated heterocycles. The van der Waals surface area contributed by atoms with Gasteiger partial charge in [-0.15, -0.1) is 5.73 Å². The molecule has 0 saturated carbocycles. The minimum atomic E-state index is -0.419. The highest BCUT2D eigenvalue weighted by Crippen LogP contribution is 2.38. The number of aliphatic hydroxyl groups excluding tert-OH is 1. The van der Waals surface area contributed by atoms with Gasteiger partial charge in [0.15, 0.2) is 5.78 Å². The van der Waals surface area contributed by atoms with E-state index in [0.717, 1.165) is 5.57 Å². The fourth-order valence-corrected chi connectivity index (χ4v) is 1.93. The summed E-state index contributed by atoms with van der Waals surface area (Å²) < 4.78 is 15.7. The van der Waals surface area contributed by atoms with Gasteiger partial charge in [-0.25, -0.2) is 0 Å². The Balaban J connectivity index is 3.50. The third-order valence-electron chi connectivity index (χ3n) is 2.76. The molecule has 1 rings (SSSR count). The zero-order valence-corrected chi connectivity index (χ0v) is 10.8. The number of carbonyl (C=O) groups excluding carboxylic acids is 1. The summed E-state index contributed by atoms with van der Waals surface area (Å²) >= 11 is 0. The Morgan fingerprint density at radius 1 is 1.76 bits per heavy atom. The summed E-state index contributed by atoms with van der Waals surface area (Å²) in [6.07, 6.45) is 1.80. The fraction of sp³-hybridized carbons (Fsp3) is 0.467. The molecule has 1 aliphatic carbocycles. The molecule has 0 aromatic carbocycles. The number of carbonyl (C=O) groups is 1. The highest BCUT2D eigenvalue weighted by atomic mass is 16.2. The van der Waals surface area contributed by atoms with Crippen LogP contribution in [0.4, 0.5) is 0 Å². The summed E-state index contributed by atoms with van der Waals surface area (Å²) in [4.78, 5) is 11.7. The standard InChI is InChI=1S/C15H20O2/c1-11(7-8-16)5-6-14-12(2)9-13(17)10-15(14,3)4/h5,7,9,16H,8,10H2,1-4H3/b11-7+/i5D,9D. The number of rotatable bonds is 2. The molecule has 0 amide bonds. The van der Waals surface area contributed by atoms with Crippen molar-refractivity contribution in [3.8, 4) is 0 Å². The maximum atomic E-state index is 11.7. The smallest absolute Gasteiger partial charge is 0.156 e. The van der Waals surface area contributed by atoms with Crippen molar-refractivity contribution in [2.24, 2.45) is 5.41 Å². The Morgan fingerprint density at radius 2 is 2.41 bits per heavy atom. The SMILES string of the molecule is [2H]C(=C=C1C(C)=C([2H])C(=O)CC1(C)C)/C(C)=C/CO. The Labute approximate surface area is 106 Å². The minimum absolute atomic E-state index is 0.0124. The van der Waals surface area contributed by atoms with Crippen molar-refractivity contribution in [2.45, 2.75) is 34.1 Å². The van der Waals surface area contributed by atoms with Crippen LogP contribution in [-0.2, 0) is 4.79 Å². The number of ketones is 1. The van der Waals surface area contributed by atoms with E-state index < -0.39 is 5.41 Å². The summed E-state index contributed by atoms with van der Waals surface area (Å²) in [6, 6.07) is 0.192. The number of hydrogen-bond donors (Lipinski definition) is 1. The highest BCUT2D eigenvalue weighted by molar-refractivity contribution is 5.93. The maximum absolute atomic E-state index is 11.7. The first-order valence-corrected chi connectivity index (χ1v) is 5.67. The van der Waals surface area contributed by atoms with Crippen LogP contribution in [0.1, 0.15) is 36.9 Å². The molecule has 0 aromatic rings. The molecule has 0 unspecified atom stereocenters. The number of aliphatic hydroxyl groups is 1. The van der Waals surface area contributed by atoms with Gasteiger partial charge in [0.2, 0.25) is 0 Å². The molecule has 2 heteroatoms. The molecular weight excluding hydrogens is 212 g/mol. The van der Waals surface area contributed by atoms with Crippen molar-refractivity contribution in [3.63, 3.8) is 0 Å². The average molecular weight is 234 g/mol. The second kappa shape index (κ2) is 5.31. The van der Waals surface area contributed by atoms with E-state index in [0.29, 0.717) is 11.1 Å². The van der Waals surface area contributed by atoms with Crippen LogP contribution in [0.5, 0.6) is 0 Å². The van der Waals surface area contributed by atoms with Gasteiger partial charge in [0.25, 0.3) is 0 Å². The first kappa shape index (κ1) is 10.8. The van der Waals surface area contributed by atoms with Gasteiger partial charge in [0.05, 0.1) is 9.35 Å². The Hall–Kier alpha value is -1.37. The molecule has 92 valence electrons. The second-order valence-corrected chi connectivity index (χ2v) is 4.93. The average Bonchev–Trinajstić information content (AvgIpc) is 2.31. The maximum Gasteiger partial charge on any atom is 0.156 e. The first-order valence-electron chi connectivity index (χ1n) is 6.67. The summed E-state index contributed by atoms with van der Waals surface area (Å²) in [5, 5.41) is 8.83. The lowest BCUT2D eigenvalue weighted by molar-refractivity contribution is -0.116. The van der Waals surface area contributed by atoms with Gasteiger partial charge in [-0.3, -0.25) is 4.79 Å². The number of hydrogen-bond acceptors (Lipinski definition) is 2. The van der Waals surface area contributed by atoms with Crippen LogP contribution in [0.2, 0.25) is 0 Å². The van der Waals surface area contributed by atoms with Crippen LogP contribution >= 0.6 is 0 Å². The minimum Gasteiger partial charge on any atom is -0.392 e. The Kier molecular flexibility index (Phi) is 3.36. The molecule has 1 aliphatic rings. The predicted octanol–water partition coefficient (Wildman–Crippen LogP) is 2.95. The third kappa shape index (κ3) is 3.55. The number of allylic oxidation sites excluding steroid dienone is 4. The van der Waals surface area contributed by atoms with Gasteiger partial charge in [-0.05, 0) is 37.1 Å². The van der Waals surface area contributed by atoms with E-state index in [-0.39, 0.29) is 30.9 Å². The van der Waals surface area contributed by atoms with E-state index in [1.807, 2.05) is 13.8 Å². The molecule has 0 spiro atoms. The topological polar surface area (TPSA) is 37.3 Å². The molecule has 0 fully saturated rings. The van der Waals surface area contributed by atoms with E-state index >= 15 is 0 Å². The van der Waals surface area contributed by atoms with Crippen LogP contribution in [-0.4, -0.2) is 17.5 Å². The van der Waals surface area contributed by atoms with Crippen molar-refractivity contribution in [2.75, 3.05) is 6.61 Å². The van der Waals surface area contributed by atoms with E-state index in [9.17, 15) is 4.79 Å². The molecule has 1 N–H and O–H groups in total. The highest BCUT2D eigenvalue weighted by Gasteiger charge is 2.30. The second-order valence-electron chi connectivity index (χ2n) is 4.93.